The summed E-state index contributed by atoms with van der Waals surface area (Å²) < 4.78 is 13.9. The van der Waals surface area contributed by atoms with Gasteiger partial charge in [-0.25, -0.2) is 4.39 Å². The highest BCUT2D eigenvalue weighted by Crippen LogP contribution is 2.43. The molecule has 2 N–H and O–H groups in total. The van der Waals surface area contributed by atoms with Gasteiger partial charge in [-0.15, -0.1) is 0 Å². The molecule has 0 amide bonds. The van der Waals surface area contributed by atoms with Gasteiger partial charge in [0, 0.05) is 25.0 Å². The van der Waals surface area contributed by atoms with E-state index in [9.17, 15) is 4.39 Å². The standard InChI is InChI=1S/C8H15FN2/c1-11-4-6-2-7(10)3-8(6,9)5-11/h6-7H,2-5,10H2,1H3. The molecule has 2 aliphatic rings. The molecule has 2 rings (SSSR count). The van der Waals surface area contributed by atoms with Crippen LogP contribution >= 0.6 is 0 Å². The van der Waals surface area contributed by atoms with Crippen molar-refractivity contribution in [3.05, 3.63) is 0 Å². The Morgan fingerprint density at radius 1 is 1.64 bits per heavy atom. The van der Waals surface area contributed by atoms with Gasteiger partial charge in [-0.05, 0) is 19.9 Å². The molecule has 11 heavy (non-hydrogen) atoms. The van der Waals surface area contributed by atoms with E-state index in [1.807, 2.05) is 7.05 Å². The molecule has 0 aromatic rings. The molecule has 64 valence electrons. The lowest BCUT2D eigenvalue weighted by Crippen LogP contribution is -2.30. The fourth-order valence-electron chi connectivity index (χ4n) is 2.58. The number of fused-ring (bicyclic) bond motifs is 1. The van der Waals surface area contributed by atoms with Gasteiger partial charge in [0.15, 0.2) is 0 Å². The second kappa shape index (κ2) is 2.17. The summed E-state index contributed by atoms with van der Waals surface area (Å²) in [4.78, 5) is 2.07. The van der Waals surface area contributed by atoms with Gasteiger partial charge >= 0.3 is 0 Å². The molecule has 0 spiro atoms. The van der Waals surface area contributed by atoms with Crippen LogP contribution in [0.4, 0.5) is 4.39 Å². The summed E-state index contributed by atoms with van der Waals surface area (Å²) in [5.41, 5.74) is 4.75. The first-order valence-electron chi connectivity index (χ1n) is 4.23. The largest absolute Gasteiger partial charge is 0.328 e. The summed E-state index contributed by atoms with van der Waals surface area (Å²) >= 11 is 0. The molecule has 0 radical (unpaired) electrons. The lowest BCUT2D eigenvalue weighted by atomic mass is 9.97. The van der Waals surface area contributed by atoms with Crippen molar-refractivity contribution < 1.29 is 4.39 Å². The van der Waals surface area contributed by atoms with E-state index in [4.69, 9.17) is 5.73 Å². The quantitative estimate of drug-likeness (QED) is 0.552. The molecular formula is C8H15FN2. The maximum absolute atomic E-state index is 13.9. The first-order valence-corrected chi connectivity index (χ1v) is 4.23. The third-order valence-corrected chi connectivity index (χ3v) is 2.99. The summed E-state index contributed by atoms with van der Waals surface area (Å²) in [7, 11) is 1.98. The van der Waals surface area contributed by atoms with Crippen molar-refractivity contribution in [2.45, 2.75) is 24.6 Å². The van der Waals surface area contributed by atoms with Gasteiger partial charge in [0.25, 0.3) is 0 Å². The Morgan fingerprint density at radius 2 is 2.36 bits per heavy atom. The van der Waals surface area contributed by atoms with Crippen LogP contribution in [-0.2, 0) is 0 Å². The van der Waals surface area contributed by atoms with Gasteiger partial charge < -0.3 is 10.6 Å². The zero-order valence-electron chi connectivity index (χ0n) is 6.89. The van der Waals surface area contributed by atoms with E-state index in [0.717, 1.165) is 13.0 Å². The van der Waals surface area contributed by atoms with Crippen LogP contribution in [0.15, 0.2) is 0 Å². The van der Waals surface area contributed by atoms with E-state index in [0.29, 0.717) is 13.0 Å². The molecule has 0 bridgehead atoms. The molecule has 2 fully saturated rings. The van der Waals surface area contributed by atoms with Crippen molar-refractivity contribution >= 4 is 0 Å². The van der Waals surface area contributed by atoms with E-state index in [-0.39, 0.29) is 12.0 Å². The average molecular weight is 158 g/mol. The first-order chi connectivity index (χ1) is 5.10. The van der Waals surface area contributed by atoms with Crippen LogP contribution in [-0.4, -0.2) is 36.7 Å². The number of nitrogens with two attached hydrogens (primary N) is 1. The highest BCUT2D eigenvalue weighted by Gasteiger charge is 2.51. The fourth-order valence-corrected chi connectivity index (χ4v) is 2.58. The number of rotatable bonds is 0. The van der Waals surface area contributed by atoms with Crippen LogP contribution in [0.3, 0.4) is 0 Å². The smallest absolute Gasteiger partial charge is 0.129 e. The van der Waals surface area contributed by atoms with Crippen LogP contribution < -0.4 is 5.73 Å². The van der Waals surface area contributed by atoms with Gasteiger partial charge in [-0.1, -0.05) is 0 Å². The Hall–Kier alpha value is -0.150. The van der Waals surface area contributed by atoms with E-state index in [2.05, 4.69) is 4.90 Å². The van der Waals surface area contributed by atoms with Gasteiger partial charge in [0.2, 0.25) is 0 Å². The summed E-state index contributed by atoms with van der Waals surface area (Å²) in [6.07, 6.45) is 1.45. The van der Waals surface area contributed by atoms with E-state index in [1.54, 1.807) is 0 Å². The number of alkyl halides is 1. The monoisotopic (exact) mass is 158 g/mol. The minimum atomic E-state index is -0.950. The molecule has 3 unspecified atom stereocenters. The number of nitrogens with zero attached hydrogens (tertiary/aromatic N) is 1. The van der Waals surface area contributed by atoms with Crippen molar-refractivity contribution in [1.29, 1.82) is 0 Å². The van der Waals surface area contributed by atoms with Gasteiger partial charge in [-0.3, -0.25) is 0 Å². The second-order valence-corrected chi connectivity index (χ2v) is 4.13. The molecule has 0 aromatic carbocycles. The van der Waals surface area contributed by atoms with Crippen molar-refractivity contribution in [1.82, 2.24) is 4.90 Å². The Bertz CT molecular complexity index is 157. The SMILES string of the molecule is CN1CC2CC(N)CC2(F)C1. The Kier molecular flexibility index (Phi) is 1.48. The molecule has 1 saturated carbocycles. The topological polar surface area (TPSA) is 29.3 Å². The predicted molar refractivity (Wildman–Crippen MR) is 42.0 cm³/mol. The number of hydrogen-bond acceptors (Lipinski definition) is 2. The highest BCUT2D eigenvalue weighted by molar-refractivity contribution is 5.05. The van der Waals surface area contributed by atoms with Crippen molar-refractivity contribution in [3.63, 3.8) is 0 Å². The average Bonchev–Trinajstić information content (AvgIpc) is 2.16. The van der Waals surface area contributed by atoms with Crippen molar-refractivity contribution in [2.75, 3.05) is 20.1 Å². The van der Waals surface area contributed by atoms with E-state index in [1.165, 1.54) is 0 Å². The predicted octanol–water partition coefficient (Wildman–Crippen LogP) is 0.377. The minimum Gasteiger partial charge on any atom is -0.328 e. The van der Waals surface area contributed by atoms with Crippen LogP contribution in [0.25, 0.3) is 0 Å². The highest BCUT2D eigenvalue weighted by atomic mass is 19.1. The van der Waals surface area contributed by atoms with Crippen LogP contribution in [0, 0.1) is 5.92 Å². The Balaban J connectivity index is 2.13. The van der Waals surface area contributed by atoms with Crippen molar-refractivity contribution in [2.24, 2.45) is 11.7 Å². The minimum absolute atomic E-state index is 0.110. The van der Waals surface area contributed by atoms with Crippen molar-refractivity contribution in [3.8, 4) is 0 Å². The summed E-state index contributed by atoms with van der Waals surface area (Å²) in [6.45, 7) is 1.48. The molecule has 3 atom stereocenters. The summed E-state index contributed by atoms with van der Waals surface area (Å²) in [6, 6.07) is 0.110. The normalized spacial score (nSPS) is 51.5. The molecule has 3 heteroatoms. The molecule has 1 heterocycles. The molecule has 0 aromatic heterocycles. The molecular weight excluding hydrogens is 143 g/mol. The number of likely N-dealkylation sites (tertiary alicyclic amines) is 1. The lowest BCUT2D eigenvalue weighted by molar-refractivity contribution is 0.148. The lowest BCUT2D eigenvalue weighted by Gasteiger charge is -2.17. The molecule has 1 aliphatic carbocycles. The van der Waals surface area contributed by atoms with Gasteiger partial charge in [0.1, 0.15) is 5.67 Å². The summed E-state index contributed by atoms with van der Waals surface area (Å²) in [5, 5.41) is 0. The number of halogens is 1. The maximum atomic E-state index is 13.9. The third kappa shape index (κ3) is 1.07. The second-order valence-electron chi connectivity index (χ2n) is 4.13. The number of hydrogen-bond donors (Lipinski definition) is 1. The van der Waals surface area contributed by atoms with E-state index >= 15 is 0 Å². The van der Waals surface area contributed by atoms with Crippen LogP contribution in [0.5, 0.6) is 0 Å². The molecule has 1 saturated heterocycles. The third-order valence-electron chi connectivity index (χ3n) is 2.99. The van der Waals surface area contributed by atoms with E-state index < -0.39 is 5.67 Å². The zero-order chi connectivity index (χ0) is 8.06. The van der Waals surface area contributed by atoms with Crippen LogP contribution in [0.2, 0.25) is 0 Å². The molecule has 2 nitrogen and oxygen atoms in total. The summed E-state index contributed by atoms with van der Waals surface area (Å²) in [5.74, 6) is 0.211. The Labute approximate surface area is 66.5 Å². The fraction of sp³-hybridized carbons (Fsp3) is 1.00. The zero-order valence-corrected chi connectivity index (χ0v) is 6.89. The van der Waals surface area contributed by atoms with Crippen LogP contribution in [0.1, 0.15) is 12.8 Å². The van der Waals surface area contributed by atoms with Gasteiger partial charge in [0.05, 0.1) is 0 Å². The Morgan fingerprint density at radius 3 is 3.00 bits per heavy atom. The molecule has 1 aliphatic heterocycles. The van der Waals surface area contributed by atoms with Gasteiger partial charge in [-0.2, -0.15) is 0 Å². The maximum Gasteiger partial charge on any atom is 0.129 e. The first kappa shape index (κ1) is 7.50.